The van der Waals surface area contributed by atoms with Crippen LogP contribution in [-0.2, 0) is 41.7 Å². The number of aryl methyl sites for hydroxylation is 2. The molecule has 34 heavy (non-hydrogen) atoms. The average Bonchev–Trinajstić information content (AvgIpc) is 3.24. The summed E-state index contributed by atoms with van der Waals surface area (Å²) < 4.78 is 0. The first-order valence-electron chi connectivity index (χ1n) is 11.8. The standard InChI is InChI=1S/C24H30N2O3.C2H4O3/c1-3-14-9-16-11-18(12-17(16)10-15(14)4-2)25-13-22(28)19-5-7-21(27)24-20(19)6-8-23(29)26-24;3-1-2(4)5/h5,7,9-10,18,22,25,27-28H,3-4,6,8,11-13H2,1-2H3,(H,26,29);3H,1H2,(H,4,5). The highest BCUT2D eigenvalue weighted by atomic mass is 16.4. The summed E-state index contributed by atoms with van der Waals surface area (Å²) in [6.07, 6.45) is 4.34. The molecule has 2 aromatic carbocycles. The molecule has 0 spiro atoms. The highest BCUT2D eigenvalue weighted by Gasteiger charge is 2.26. The lowest BCUT2D eigenvalue weighted by Crippen LogP contribution is -2.33. The van der Waals surface area contributed by atoms with Crippen LogP contribution in [-0.4, -0.2) is 51.5 Å². The molecule has 1 aliphatic carbocycles. The van der Waals surface area contributed by atoms with Crippen molar-refractivity contribution in [1.82, 2.24) is 5.32 Å². The number of rotatable bonds is 7. The Bertz CT molecular complexity index is 1020. The minimum absolute atomic E-state index is 0.0571. The fourth-order valence-electron chi connectivity index (χ4n) is 4.78. The number of aliphatic hydroxyl groups excluding tert-OH is 2. The number of carboxylic acid groups (broad SMARTS) is 1. The van der Waals surface area contributed by atoms with Gasteiger partial charge in [-0.3, -0.25) is 4.79 Å². The summed E-state index contributed by atoms with van der Waals surface area (Å²) in [7, 11) is 0. The van der Waals surface area contributed by atoms with Gasteiger partial charge in [-0.05, 0) is 71.6 Å². The number of hydrogen-bond acceptors (Lipinski definition) is 6. The minimum Gasteiger partial charge on any atom is -0.506 e. The average molecular weight is 471 g/mol. The molecule has 2 aromatic rings. The van der Waals surface area contributed by atoms with Gasteiger partial charge < -0.3 is 31.1 Å². The summed E-state index contributed by atoms with van der Waals surface area (Å²) in [6, 6.07) is 8.37. The third kappa shape index (κ3) is 5.94. The smallest absolute Gasteiger partial charge is 0.329 e. The van der Waals surface area contributed by atoms with Crippen LogP contribution in [0.5, 0.6) is 5.75 Å². The van der Waals surface area contributed by atoms with Gasteiger partial charge in [-0.25, -0.2) is 4.79 Å². The molecule has 6 N–H and O–H groups in total. The molecule has 0 fully saturated rings. The van der Waals surface area contributed by atoms with Crippen molar-refractivity contribution < 1.29 is 30.0 Å². The quantitative estimate of drug-likeness (QED) is 0.341. The molecule has 0 saturated carbocycles. The Morgan fingerprint density at radius 1 is 1.12 bits per heavy atom. The van der Waals surface area contributed by atoms with E-state index < -0.39 is 18.7 Å². The van der Waals surface area contributed by atoms with Crippen molar-refractivity contribution in [3.63, 3.8) is 0 Å². The lowest BCUT2D eigenvalue weighted by atomic mass is 9.93. The number of aliphatic hydroxyl groups is 2. The number of benzene rings is 2. The number of nitrogens with one attached hydrogen (secondary N) is 2. The lowest BCUT2D eigenvalue weighted by molar-refractivity contribution is -0.140. The molecule has 0 bridgehead atoms. The van der Waals surface area contributed by atoms with E-state index in [1.165, 1.54) is 22.3 Å². The van der Waals surface area contributed by atoms with E-state index in [0.717, 1.165) is 36.8 Å². The summed E-state index contributed by atoms with van der Waals surface area (Å²) in [4.78, 5) is 20.8. The topological polar surface area (TPSA) is 139 Å². The first kappa shape index (κ1) is 25.7. The third-order valence-electron chi connectivity index (χ3n) is 6.50. The van der Waals surface area contributed by atoms with Gasteiger partial charge in [0.15, 0.2) is 0 Å². The summed E-state index contributed by atoms with van der Waals surface area (Å²) >= 11 is 0. The maximum absolute atomic E-state index is 11.7. The van der Waals surface area contributed by atoms with E-state index in [1.54, 1.807) is 12.1 Å². The van der Waals surface area contributed by atoms with Crippen molar-refractivity contribution in [2.45, 2.75) is 64.5 Å². The monoisotopic (exact) mass is 470 g/mol. The molecule has 4 rings (SSSR count). The number of fused-ring (bicyclic) bond motifs is 2. The Labute approximate surface area is 199 Å². The molecule has 8 nitrogen and oxygen atoms in total. The van der Waals surface area contributed by atoms with Crippen LogP contribution in [0.1, 0.15) is 59.8 Å². The van der Waals surface area contributed by atoms with Crippen LogP contribution in [0.4, 0.5) is 5.69 Å². The number of carbonyl (C=O) groups excluding carboxylic acids is 1. The van der Waals surface area contributed by atoms with E-state index in [9.17, 15) is 15.0 Å². The number of anilines is 1. The van der Waals surface area contributed by atoms with Gasteiger partial charge >= 0.3 is 5.97 Å². The van der Waals surface area contributed by atoms with E-state index in [1.807, 2.05) is 0 Å². The van der Waals surface area contributed by atoms with Crippen molar-refractivity contribution >= 4 is 17.6 Å². The SMILES string of the molecule is CCc1cc2c(cc1CC)CC(NCC(O)c1ccc(O)c3c1CCC(=O)N3)C2.O=C(O)CO. The van der Waals surface area contributed by atoms with Crippen molar-refractivity contribution in [2.75, 3.05) is 18.5 Å². The fourth-order valence-corrected chi connectivity index (χ4v) is 4.78. The number of carbonyl (C=O) groups is 2. The first-order valence-corrected chi connectivity index (χ1v) is 11.8. The maximum atomic E-state index is 11.7. The number of aromatic hydroxyl groups is 1. The molecule has 2 aliphatic rings. The van der Waals surface area contributed by atoms with E-state index in [2.05, 4.69) is 36.6 Å². The summed E-state index contributed by atoms with van der Waals surface area (Å²) in [5, 5.41) is 42.2. The Hall–Kier alpha value is -2.94. The van der Waals surface area contributed by atoms with E-state index in [4.69, 9.17) is 15.0 Å². The van der Waals surface area contributed by atoms with Gasteiger partial charge in [0.1, 0.15) is 12.4 Å². The molecule has 0 radical (unpaired) electrons. The molecule has 0 aromatic heterocycles. The summed E-state index contributed by atoms with van der Waals surface area (Å²) in [5.41, 5.74) is 7.82. The molecule has 8 heteroatoms. The normalized spacial score (nSPS) is 15.6. The van der Waals surface area contributed by atoms with E-state index in [-0.39, 0.29) is 11.7 Å². The minimum atomic E-state index is -1.19. The number of hydrogen-bond donors (Lipinski definition) is 6. The van der Waals surface area contributed by atoms with E-state index >= 15 is 0 Å². The van der Waals surface area contributed by atoms with Crippen LogP contribution in [0, 0.1) is 0 Å². The van der Waals surface area contributed by atoms with Gasteiger partial charge in [-0.15, -0.1) is 0 Å². The van der Waals surface area contributed by atoms with Gasteiger partial charge in [0.05, 0.1) is 11.8 Å². The van der Waals surface area contributed by atoms with Crippen LogP contribution < -0.4 is 10.6 Å². The predicted octanol–water partition coefficient (Wildman–Crippen LogP) is 2.26. The Kier molecular flexibility index (Phi) is 8.66. The van der Waals surface area contributed by atoms with Crippen LogP contribution in [0.15, 0.2) is 24.3 Å². The van der Waals surface area contributed by atoms with Gasteiger partial charge in [-0.1, -0.05) is 32.0 Å². The number of amides is 1. The highest BCUT2D eigenvalue weighted by molar-refractivity contribution is 5.96. The molecular formula is C26H34N2O6. The fraction of sp³-hybridized carbons (Fsp3) is 0.462. The summed E-state index contributed by atoms with van der Waals surface area (Å²) in [5.74, 6) is -1.23. The second-order valence-electron chi connectivity index (χ2n) is 8.75. The van der Waals surface area contributed by atoms with Crippen molar-refractivity contribution in [3.05, 3.63) is 57.6 Å². The molecule has 1 aliphatic heterocycles. The van der Waals surface area contributed by atoms with E-state index in [0.29, 0.717) is 31.1 Å². The number of aliphatic carboxylic acids is 1. The number of carboxylic acids is 1. The van der Waals surface area contributed by atoms with Gasteiger partial charge in [0.2, 0.25) is 5.91 Å². The number of phenolic OH excluding ortho intramolecular Hbond substituents is 1. The van der Waals surface area contributed by atoms with Crippen LogP contribution in [0.3, 0.4) is 0 Å². The van der Waals surface area contributed by atoms with Crippen molar-refractivity contribution in [1.29, 1.82) is 0 Å². The van der Waals surface area contributed by atoms with Crippen molar-refractivity contribution in [2.24, 2.45) is 0 Å². The van der Waals surface area contributed by atoms with Gasteiger partial charge in [0, 0.05) is 19.0 Å². The first-order chi connectivity index (χ1) is 16.3. The molecule has 184 valence electrons. The second-order valence-corrected chi connectivity index (χ2v) is 8.75. The third-order valence-corrected chi connectivity index (χ3v) is 6.50. The van der Waals surface area contributed by atoms with Gasteiger partial charge in [0.25, 0.3) is 0 Å². The predicted molar refractivity (Wildman–Crippen MR) is 129 cm³/mol. The van der Waals surface area contributed by atoms with Crippen LogP contribution in [0.2, 0.25) is 0 Å². The number of phenols is 1. The second kappa shape index (κ2) is 11.5. The lowest BCUT2D eigenvalue weighted by Gasteiger charge is -2.24. The summed E-state index contributed by atoms with van der Waals surface area (Å²) in [6.45, 7) is 4.09. The maximum Gasteiger partial charge on any atom is 0.329 e. The molecule has 1 unspecified atom stereocenters. The molecule has 1 amide bonds. The van der Waals surface area contributed by atoms with Crippen molar-refractivity contribution in [3.8, 4) is 5.75 Å². The largest absolute Gasteiger partial charge is 0.506 e. The van der Waals surface area contributed by atoms with Crippen LogP contribution >= 0.6 is 0 Å². The zero-order valence-corrected chi connectivity index (χ0v) is 19.7. The van der Waals surface area contributed by atoms with Gasteiger partial charge in [-0.2, -0.15) is 0 Å². The molecule has 0 saturated heterocycles. The molecule has 1 atom stereocenters. The Balaban J connectivity index is 0.000000588. The zero-order chi connectivity index (χ0) is 24.8. The highest BCUT2D eigenvalue weighted by Crippen LogP contribution is 2.36. The zero-order valence-electron chi connectivity index (χ0n) is 19.7. The molecule has 1 heterocycles. The molecular weight excluding hydrogens is 436 g/mol. The Morgan fingerprint density at radius 2 is 1.71 bits per heavy atom. The van der Waals surface area contributed by atoms with Crippen LogP contribution in [0.25, 0.3) is 0 Å². The Morgan fingerprint density at radius 3 is 2.24 bits per heavy atom.